The molecule has 2 heterocycles. The van der Waals surface area contributed by atoms with Gasteiger partial charge in [-0.15, -0.1) is 12.4 Å². The van der Waals surface area contributed by atoms with Gasteiger partial charge >= 0.3 is 6.03 Å². The van der Waals surface area contributed by atoms with Gasteiger partial charge in [0.05, 0.1) is 23.5 Å². The monoisotopic (exact) mass is 198 g/mol. The maximum absolute atomic E-state index is 10.8. The Morgan fingerprint density at radius 3 is 3.00 bits per heavy atom. The van der Waals surface area contributed by atoms with Gasteiger partial charge in [-0.25, -0.2) is 4.79 Å². The zero-order valence-electron chi connectivity index (χ0n) is 6.55. The summed E-state index contributed by atoms with van der Waals surface area (Å²) in [5, 5.41) is 13.8. The highest BCUT2D eigenvalue weighted by Crippen LogP contribution is 2.21. The van der Waals surface area contributed by atoms with E-state index in [1.54, 1.807) is 6.20 Å². The zero-order valence-corrected chi connectivity index (χ0v) is 7.36. The number of amides is 2. The Morgan fingerprint density at radius 2 is 2.31 bits per heavy atom. The number of fused-ring (bicyclic) bond motifs is 1. The number of halogens is 1. The average Bonchev–Trinajstić information content (AvgIpc) is 2.46. The highest BCUT2D eigenvalue weighted by Gasteiger charge is 2.18. The molecule has 1 aromatic rings. The minimum atomic E-state index is -0.265. The average molecular weight is 199 g/mol. The fourth-order valence-electron chi connectivity index (χ4n) is 1.16. The molecule has 2 amide bonds. The molecular weight excluding hydrogens is 192 g/mol. The second kappa shape index (κ2) is 3.37. The van der Waals surface area contributed by atoms with Gasteiger partial charge in [0.15, 0.2) is 0 Å². The first-order valence-corrected chi connectivity index (χ1v) is 3.46. The predicted octanol–water partition coefficient (Wildman–Crippen LogP) is 0.943. The number of rotatable bonds is 0. The van der Waals surface area contributed by atoms with Gasteiger partial charge in [0.2, 0.25) is 0 Å². The molecule has 0 atom stereocenters. The number of hydrogen-bond donors (Lipinski definition) is 3. The summed E-state index contributed by atoms with van der Waals surface area (Å²) in [6.45, 7) is 0.447. The lowest BCUT2D eigenvalue weighted by Crippen LogP contribution is -2.33. The number of carbonyl (C=O) groups excluding carboxylic acids is 1. The van der Waals surface area contributed by atoms with Crippen LogP contribution in [-0.4, -0.2) is 11.0 Å². The molecular formula is C7H7ClN4O. The van der Waals surface area contributed by atoms with E-state index >= 15 is 0 Å². The van der Waals surface area contributed by atoms with Crippen LogP contribution in [0.1, 0.15) is 11.3 Å². The van der Waals surface area contributed by atoms with Gasteiger partial charge in [-0.1, -0.05) is 0 Å². The third-order valence-electron chi connectivity index (χ3n) is 1.75. The van der Waals surface area contributed by atoms with Crippen molar-refractivity contribution in [3.63, 3.8) is 0 Å². The smallest absolute Gasteiger partial charge is 0.319 e. The molecule has 0 radical (unpaired) electrons. The lowest BCUT2D eigenvalue weighted by atomic mass is 10.2. The number of aromatic amines is 1. The lowest BCUT2D eigenvalue weighted by Gasteiger charge is -2.13. The van der Waals surface area contributed by atoms with Gasteiger partial charge in [0.25, 0.3) is 0 Å². The first kappa shape index (κ1) is 9.42. The number of aromatic nitrogens is 1. The highest BCUT2D eigenvalue weighted by atomic mass is 35.5. The van der Waals surface area contributed by atoms with E-state index in [2.05, 4.69) is 15.6 Å². The third kappa shape index (κ3) is 1.44. The molecule has 0 saturated heterocycles. The summed E-state index contributed by atoms with van der Waals surface area (Å²) in [5.74, 6) is 0. The van der Waals surface area contributed by atoms with Gasteiger partial charge in [-0.05, 0) is 0 Å². The van der Waals surface area contributed by atoms with Crippen LogP contribution in [0.25, 0.3) is 0 Å². The summed E-state index contributed by atoms with van der Waals surface area (Å²) in [4.78, 5) is 13.7. The molecule has 6 heteroatoms. The van der Waals surface area contributed by atoms with Crippen molar-refractivity contribution < 1.29 is 4.79 Å². The zero-order chi connectivity index (χ0) is 8.55. The molecule has 0 fully saturated rings. The minimum absolute atomic E-state index is 0. The SMILES string of the molecule is Cl.N#Cc1c[nH]c2c1NC(=O)NC2. The van der Waals surface area contributed by atoms with Crippen molar-refractivity contribution >= 4 is 24.1 Å². The van der Waals surface area contributed by atoms with E-state index < -0.39 is 0 Å². The Balaban J connectivity index is 0.000000845. The van der Waals surface area contributed by atoms with E-state index in [9.17, 15) is 4.79 Å². The van der Waals surface area contributed by atoms with Crippen LogP contribution in [0.3, 0.4) is 0 Å². The molecule has 1 aliphatic heterocycles. The molecule has 0 unspecified atom stereocenters. The van der Waals surface area contributed by atoms with Crippen molar-refractivity contribution in [3.8, 4) is 6.07 Å². The van der Waals surface area contributed by atoms with Crippen molar-refractivity contribution in [2.45, 2.75) is 6.54 Å². The van der Waals surface area contributed by atoms with Crippen LogP contribution in [0.4, 0.5) is 10.5 Å². The molecule has 13 heavy (non-hydrogen) atoms. The molecule has 2 rings (SSSR count). The van der Waals surface area contributed by atoms with Crippen molar-refractivity contribution in [2.24, 2.45) is 0 Å². The van der Waals surface area contributed by atoms with Gasteiger partial charge in [-0.3, -0.25) is 0 Å². The third-order valence-corrected chi connectivity index (χ3v) is 1.75. The van der Waals surface area contributed by atoms with E-state index in [0.717, 1.165) is 5.69 Å². The lowest BCUT2D eigenvalue weighted by molar-refractivity contribution is 0.250. The van der Waals surface area contributed by atoms with Crippen LogP contribution in [0.2, 0.25) is 0 Å². The summed E-state index contributed by atoms with van der Waals surface area (Å²) in [5.41, 5.74) is 1.91. The number of nitriles is 1. The molecule has 68 valence electrons. The normalized spacial score (nSPS) is 13.0. The summed E-state index contributed by atoms with van der Waals surface area (Å²) < 4.78 is 0. The molecule has 1 aromatic heterocycles. The summed E-state index contributed by atoms with van der Waals surface area (Å²) in [6.07, 6.45) is 1.58. The number of nitrogens with zero attached hydrogens (tertiary/aromatic N) is 1. The number of urea groups is 1. The number of anilines is 1. The standard InChI is InChI=1S/C7H6N4O.ClH/c8-1-4-2-9-5-3-10-7(12)11-6(4)5;/h2,9H,3H2,(H2,10,11,12);1H. The molecule has 0 aliphatic carbocycles. The summed E-state index contributed by atoms with van der Waals surface area (Å²) >= 11 is 0. The fraction of sp³-hybridized carbons (Fsp3) is 0.143. The van der Waals surface area contributed by atoms with E-state index in [0.29, 0.717) is 17.8 Å². The Kier molecular flexibility index (Phi) is 2.44. The van der Waals surface area contributed by atoms with Gasteiger partial charge in [0, 0.05) is 6.20 Å². The van der Waals surface area contributed by atoms with Crippen molar-refractivity contribution in [1.29, 1.82) is 5.26 Å². The number of hydrogen-bond acceptors (Lipinski definition) is 2. The fourth-order valence-corrected chi connectivity index (χ4v) is 1.16. The van der Waals surface area contributed by atoms with Crippen molar-refractivity contribution in [3.05, 3.63) is 17.5 Å². The molecule has 3 N–H and O–H groups in total. The van der Waals surface area contributed by atoms with E-state index in [-0.39, 0.29) is 18.4 Å². The van der Waals surface area contributed by atoms with Crippen molar-refractivity contribution in [2.75, 3.05) is 5.32 Å². The van der Waals surface area contributed by atoms with Crippen molar-refractivity contribution in [1.82, 2.24) is 10.3 Å². The number of carbonyl (C=O) groups is 1. The predicted molar refractivity (Wildman–Crippen MR) is 48.6 cm³/mol. The molecule has 0 saturated carbocycles. The van der Waals surface area contributed by atoms with Crippen LogP contribution in [0.5, 0.6) is 0 Å². The van der Waals surface area contributed by atoms with Gasteiger partial charge in [0.1, 0.15) is 6.07 Å². The first-order chi connectivity index (χ1) is 5.81. The number of H-pyrrole nitrogens is 1. The largest absolute Gasteiger partial charge is 0.361 e. The van der Waals surface area contributed by atoms with Gasteiger partial charge in [-0.2, -0.15) is 5.26 Å². The maximum Gasteiger partial charge on any atom is 0.319 e. The van der Waals surface area contributed by atoms with Gasteiger partial charge < -0.3 is 15.6 Å². The topological polar surface area (TPSA) is 80.7 Å². The van der Waals surface area contributed by atoms with Crippen LogP contribution in [0.15, 0.2) is 6.20 Å². The van der Waals surface area contributed by atoms with E-state index in [1.807, 2.05) is 6.07 Å². The van der Waals surface area contributed by atoms with E-state index in [4.69, 9.17) is 5.26 Å². The quantitative estimate of drug-likeness (QED) is 0.580. The Morgan fingerprint density at radius 1 is 1.54 bits per heavy atom. The molecule has 1 aliphatic rings. The minimum Gasteiger partial charge on any atom is -0.361 e. The second-order valence-electron chi connectivity index (χ2n) is 2.48. The first-order valence-electron chi connectivity index (χ1n) is 3.46. The maximum atomic E-state index is 10.8. The molecule has 5 nitrogen and oxygen atoms in total. The Bertz CT molecular complexity index is 378. The van der Waals surface area contributed by atoms with Crippen LogP contribution >= 0.6 is 12.4 Å². The highest BCUT2D eigenvalue weighted by molar-refractivity contribution is 5.93. The van der Waals surface area contributed by atoms with Crippen LogP contribution in [0, 0.1) is 11.3 Å². The van der Waals surface area contributed by atoms with Crippen LogP contribution < -0.4 is 10.6 Å². The van der Waals surface area contributed by atoms with E-state index in [1.165, 1.54) is 0 Å². The molecule has 0 aromatic carbocycles. The molecule has 0 bridgehead atoms. The summed E-state index contributed by atoms with van der Waals surface area (Å²) in [6, 6.07) is 1.72. The summed E-state index contributed by atoms with van der Waals surface area (Å²) in [7, 11) is 0. The number of nitrogens with one attached hydrogen (secondary N) is 3. The van der Waals surface area contributed by atoms with Crippen LogP contribution in [-0.2, 0) is 6.54 Å². The molecule has 0 spiro atoms. The Hall–Kier alpha value is -1.67. The Labute approximate surface area is 80.5 Å². The second-order valence-corrected chi connectivity index (χ2v) is 2.48.